The zero-order valence-corrected chi connectivity index (χ0v) is 20.5. The number of ether oxygens (including phenoxy) is 1. The van der Waals surface area contributed by atoms with Gasteiger partial charge in [0, 0.05) is 30.8 Å². The molecule has 6 nitrogen and oxygen atoms in total. The summed E-state index contributed by atoms with van der Waals surface area (Å²) in [5.41, 5.74) is -0.888. The van der Waals surface area contributed by atoms with Crippen molar-refractivity contribution in [3.8, 4) is 0 Å². The minimum Gasteiger partial charge on any atom is -0.618 e. The Kier molecular flexibility index (Phi) is 6.90. The molecule has 0 N–H and O–H groups in total. The van der Waals surface area contributed by atoms with Crippen molar-refractivity contribution in [1.82, 2.24) is 9.80 Å². The Labute approximate surface area is 199 Å². The average Bonchev–Trinajstić information content (AvgIpc) is 3.24. The molecule has 3 aliphatic rings. The summed E-state index contributed by atoms with van der Waals surface area (Å²) in [6.45, 7) is 8.26. The van der Waals surface area contributed by atoms with Crippen molar-refractivity contribution in [3.05, 3.63) is 34.3 Å². The third-order valence-electron chi connectivity index (χ3n) is 8.57. The zero-order chi connectivity index (χ0) is 24.8. The van der Waals surface area contributed by atoms with E-state index in [9.17, 15) is 23.2 Å². The van der Waals surface area contributed by atoms with E-state index in [1.54, 1.807) is 4.90 Å². The average molecular weight is 484 g/mol. The summed E-state index contributed by atoms with van der Waals surface area (Å²) in [4.78, 5) is 18.0. The molecule has 1 aromatic heterocycles. The van der Waals surface area contributed by atoms with Crippen LogP contribution in [0.15, 0.2) is 12.3 Å². The SMILES string of the molecule is CC1COCCC1N(C)[C@@H]1CC[C@@](C(=O)N2CCc3c(cc(C(F)(F)F)c[n+]3[O-])C2)(C(C)C)C1. The number of alkyl halides is 3. The van der Waals surface area contributed by atoms with E-state index in [1.165, 1.54) is 0 Å². The van der Waals surface area contributed by atoms with E-state index < -0.39 is 17.2 Å². The van der Waals surface area contributed by atoms with Crippen LogP contribution in [0.2, 0.25) is 0 Å². The molecule has 9 heteroatoms. The number of halogens is 3. The van der Waals surface area contributed by atoms with E-state index in [0.717, 1.165) is 45.0 Å². The smallest absolute Gasteiger partial charge is 0.422 e. The largest absolute Gasteiger partial charge is 0.618 e. The summed E-state index contributed by atoms with van der Waals surface area (Å²) in [5, 5.41) is 12.2. The van der Waals surface area contributed by atoms with Crippen molar-refractivity contribution in [2.45, 2.75) is 77.7 Å². The van der Waals surface area contributed by atoms with E-state index in [0.29, 0.717) is 40.7 Å². The fourth-order valence-corrected chi connectivity index (χ4v) is 6.34. The summed E-state index contributed by atoms with van der Waals surface area (Å²) in [6.07, 6.45) is -0.317. The van der Waals surface area contributed by atoms with Crippen molar-refractivity contribution in [1.29, 1.82) is 0 Å². The van der Waals surface area contributed by atoms with E-state index in [1.807, 2.05) is 0 Å². The number of fused-ring (bicyclic) bond motifs is 1. The quantitative estimate of drug-likeness (QED) is 0.483. The van der Waals surface area contributed by atoms with Crippen LogP contribution in [-0.4, -0.2) is 54.6 Å². The Balaban J connectivity index is 1.54. The van der Waals surface area contributed by atoms with Crippen molar-refractivity contribution >= 4 is 5.91 Å². The molecule has 2 aliphatic heterocycles. The van der Waals surface area contributed by atoms with Gasteiger partial charge in [0.25, 0.3) is 0 Å². The molecule has 4 atom stereocenters. The second-order valence-corrected chi connectivity index (χ2v) is 10.8. The van der Waals surface area contributed by atoms with Crippen LogP contribution >= 0.6 is 0 Å². The first kappa shape index (κ1) is 25.2. The minimum atomic E-state index is -4.60. The maximum Gasteiger partial charge on any atom is 0.422 e. The highest BCUT2D eigenvalue weighted by atomic mass is 19.4. The summed E-state index contributed by atoms with van der Waals surface area (Å²) >= 11 is 0. The highest BCUT2D eigenvalue weighted by Crippen LogP contribution is 2.48. The predicted octanol–water partition coefficient (Wildman–Crippen LogP) is 3.78. The lowest BCUT2D eigenvalue weighted by Crippen LogP contribution is -2.51. The van der Waals surface area contributed by atoms with Crippen LogP contribution in [0, 0.1) is 22.5 Å². The number of nitrogens with zero attached hydrogens (tertiary/aromatic N) is 3. The van der Waals surface area contributed by atoms with Crippen molar-refractivity contribution < 1.29 is 27.4 Å². The second kappa shape index (κ2) is 9.30. The van der Waals surface area contributed by atoms with E-state index in [2.05, 4.69) is 32.7 Å². The second-order valence-electron chi connectivity index (χ2n) is 10.8. The third kappa shape index (κ3) is 4.53. The molecule has 1 aromatic rings. The molecule has 34 heavy (non-hydrogen) atoms. The lowest BCUT2D eigenvalue weighted by atomic mass is 9.73. The molecule has 0 radical (unpaired) electrons. The van der Waals surface area contributed by atoms with Gasteiger partial charge in [-0.05, 0) is 50.6 Å². The number of pyridine rings is 1. The van der Waals surface area contributed by atoms with Gasteiger partial charge < -0.3 is 14.8 Å². The predicted molar refractivity (Wildman–Crippen MR) is 121 cm³/mol. The molecule has 4 rings (SSSR count). The fraction of sp³-hybridized carbons (Fsp3) is 0.760. The van der Waals surface area contributed by atoms with Crippen LogP contribution in [0.25, 0.3) is 0 Å². The lowest BCUT2D eigenvalue weighted by molar-refractivity contribution is -0.616. The molecule has 2 unspecified atom stereocenters. The molecular formula is C25H36F3N3O3. The molecule has 0 bridgehead atoms. The van der Waals surface area contributed by atoms with Crippen LogP contribution in [0.5, 0.6) is 0 Å². The topological polar surface area (TPSA) is 59.7 Å². The minimum absolute atomic E-state index is 0.0129. The first-order valence-electron chi connectivity index (χ1n) is 12.3. The van der Waals surface area contributed by atoms with Crippen molar-refractivity contribution in [3.63, 3.8) is 0 Å². The summed E-state index contributed by atoms with van der Waals surface area (Å²) in [7, 11) is 2.15. The van der Waals surface area contributed by atoms with E-state index in [-0.39, 0.29) is 30.8 Å². The first-order chi connectivity index (χ1) is 15.9. The molecule has 190 valence electrons. The van der Waals surface area contributed by atoms with Crippen LogP contribution < -0.4 is 4.73 Å². The van der Waals surface area contributed by atoms with Crippen LogP contribution in [0.4, 0.5) is 13.2 Å². The van der Waals surface area contributed by atoms with Gasteiger partial charge in [0.1, 0.15) is 5.56 Å². The van der Waals surface area contributed by atoms with Gasteiger partial charge in [-0.15, -0.1) is 0 Å². The Morgan fingerprint density at radius 2 is 2.09 bits per heavy atom. The molecule has 1 amide bonds. The highest BCUT2D eigenvalue weighted by Gasteiger charge is 2.51. The normalized spacial score (nSPS) is 30.1. The van der Waals surface area contributed by atoms with Gasteiger partial charge in [-0.1, -0.05) is 20.8 Å². The summed E-state index contributed by atoms with van der Waals surface area (Å²) in [5.74, 6) is 0.556. The first-order valence-corrected chi connectivity index (χ1v) is 12.3. The molecule has 2 fully saturated rings. The standard InChI is InChI=1S/C25H36F3N3O3/c1-16(2)24(8-5-20(12-24)29(4)21-7-10-34-15-17(21)3)23(32)30-9-6-22-18(13-30)11-19(14-31(22)33)25(26,27)28/h11,14,16-17,20-21H,5-10,12-13,15H2,1-4H3/t17?,20-,21?,24+/m1/s1. The number of amides is 1. The molecule has 1 aliphatic carbocycles. The summed E-state index contributed by atoms with van der Waals surface area (Å²) < 4.78 is 45.7. The maximum atomic E-state index is 13.9. The third-order valence-corrected chi connectivity index (χ3v) is 8.57. The van der Waals surface area contributed by atoms with Gasteiger partial charge in [-0.2, -0.15) is 17.9 Å². The lowest BCUT2D eigenvalue weighted by Gasteiger charge is -2.42. The molecule has 3 heterocycles. The van der Waals surface area contributed by atoms with Crippen molar-refractivity contribution in [2.75, 3.05) is 26.8 Å². The van der Waals surface area contributed by atoms with E-state index >= 15 is 0 Å². The monoisotopic (exact) mass is 483 g/mol. The van der Waals surface area contributed by atoms with Gasteiger partial charge in [0.05, 0.1) is 25.0 Å². The van der Waals surface area contributed by atoms with Gasteiger partial charge >= 0.3 is 6.18 Å². The van der Waals surface area contributed by atoms with Crippen molar-refractivity contribution in [2.24, 2.45) is 17.3 Å². The fourth-order valence-electron chi connectivity index (χ4n) is 6.34. The summed E-state index contributed by atoms with van der Waals surface area (Å²) in [6, 6.07) is 1.74. The number of carbonyl (C=O) groups is 1. The number of carbonyl (C=O) groups excluding carboxylic acids is 1. The molecule has 1 saturated carbocycles. The van der Waals surface area contributed by atoms with Crippen LogP contribution in [-0.2, 0) is 28.7 Å². The number of aromatic nitrogens is 1. The highest BCUT2D eigenvalue weighted by molar-refractivity contribution is 5.83. The van der Waals surface area contributed by atoms with Gasteiger partial charge in [0.2, 0.25) is 5.91 Å². The van der Waals surface area contributed by atoms with Gasteiger partial charge in [-0.3, -0.25) is 9.69 Å². The van der Waals surface area contributed by atoms with Crippen LogP contribution in [0.1, 0.15) is 63.3 Å². The zero-order valence-electron chi connectivity index (χ0n) is 20.5. The number of hydrogen-bond acceptors (Lipinski definition) is 4. The molecular weight excluding hydrogens is 447 g/mol. The van der Waals surface area contributed by atoms with Crippen LogP contribution in [0.3, 0.4) is 0 Å². The maximum absolute atomic E-state index is 13.9. The van der Waals surface area contributed by atoms with Gasteiger partial charge in [0.15, 0.2) is 11.9 Å². The van der Waals surface area contributed by atoms with E-state index in [4.69, 9.17) is 4.74 Å². The Morgan fingerprint density at radius 3 is 2.74 bits per heavy atom. The molecule has 0 spiro atoms. The Morgan fingerprint density at radius 1 is 1.35 bits per heavy atom. The Hall–Kier alpha value is -1.87. The number of rotatable bonds is 4. The molecule has 1 saturated heterocycles. The number of hydrogen-bond donors (Lipinski definition) is 0. The van der Waals surface area contributed by atoms with Gasteiger partial charge in [-0.25, -0.2) is 0 Å². The Bertz CT molecular complexity index is 923. The molecule has 0 aromatic carbocycles.